The molecule has 0 atom stereocenters. The summed E-state index contributed by atoms with van der Waals surface area (Å²) in [7, 11) is 0. The summed E-state index contributed by atoms with van der Waals surface area (Å²) in [6.07, 6.45) is 2.17. The standard InChI is InChI=1S/C11H11NO2/c13-11(14)7-10-9-4-2-1-3-8(9)5-6-12-10/h1-4,7,12H,5-6H2,(H,13,14)/b10-7+. The van der Waals surface area contributed by atoms with Crippen LogP contribution in [0.5, 0.6) is 0 Å². The third-order valence-electron chi connectivity index (χ3n) is 2.29. The molecule has 0 spiro atoms. The first kappa shape index (κ1) is 8.81. The normalized spacial score (nSPS) is 17.3. The van der Waals surface area contributed by atoms with Crippen LogP contribution in [0.15, 0.2) is 30.3 Å². The first-order chi connectivity index (χ1) is 6.77. The van der Waals surface area contributed by atoms with Crippen LogP contribution >= 0.6 is 0 Å². The van der Waals surface area contributed by atoms with E-state index >= 15 is 0 Å². The number of carbonyl (C=O) groups is 1. The quantitative estimate of drug-likeness (QED) is 0.654. The Morgan fingerprint density at radius 2 is 2.21 bits per heavy atom. The summed E-state index contributed by atoms with van der Waals surface area (Å²) in [5.74, 6) is -0.913. The molecule has 72 valence electrons. The highest BCUT2D eigenvalue weighted by molar-refractivity contribution is 5.90. The van der Waals surface area contributed by atoms with Gasteiger partial charge in [0.05, 0.1) is 0 Å². The maximum absolute atomic E-state index is 10.6. The van der Waals surface area contributed by atoms with Crippen molar-refractivity contribution in [2.24, 2.45) is 0 Å². The molecule has 0 fully saturated rings. The second-order valence-electron chi connectivity index (χ2n) is 3.23. The van der Waals surface area contributed by atoms with Gasteiger partial charge < -0.3 is 10.4 Å². The zero-order chi connectivity index (χ0) is 9.97. The van der Waals surface area contributed by atoms with Gasteiger partial charge in [-0.15, -0.1) is 0 Å². The molecule has 0 bridgehead atoms. The number of benzene rings is 1. The van der Waals surface area contributed by atoms with E-state index in [9.17, 15) is 4.79 Å². The van der Waals surface area contributed by atoms with E-state index in [1.807, 2.05) is 24.3 Å². The fourth-order valence-electron chi connectivity index (χ4n) is 1.68. The molecule has 2 rings (SSSR count). The monoisotopic (exact) mass is 189 g/mol. The summed E-state index contributed by atoms with van der Waals surface area (Å²) < 4.78 is 0. The van der Waals surface area contributed by atoms with Crippen molar-refractivity contribution in [2.45, 2.75) is 6.42 Å². The molecule has 3 nitrogen and oxygen atoms in total. The Labute approximate surface area is 82.1 Å². The smallest absolute Gasteiger partial charge is 0.330 e. The van der Waals surface area contributed by atoms with Crippen LogP contribution in [-0.4, -0.2) is 17.6 Å². The van der Waals surface area contributed by atoms with E-state index in [0.29, 0.717) is 5.70 Å². The van der Waals surface area contributed by atoms with Gasteiger partial charge in [0.1, 0.15) is 0 Å². The molecule has 2 N–H and O–H groups in total. The number of hydrogen-bond acceptors (Lipinski definition) is 2. The van der Waals surface area contributed by atoms with Crippen molar-refractivity contribution in [2.75, 3.05) is 6.54 Å². The molecule has 1 aromatic carbocycles. The second kappa shape index (κ2) is 3.54. The van der Waals surface area contributed by atoms with E-state index in [0.717, 1.165) is 18.5 Å². The van der Waals surface area contributed by atoms with Gasteiger partial charge in [0.15, 0.2) is 0 Å². The van der Waals surface area contributed by atoms with Crippen molar-refractivity contribution >= 4 is 11.7 Å². The van der Waals surface area contributed by atoms with Gasteiger partial charge in [0.25, 0.3) is 0 Å². The van der Waals surface area contributed by atoms with Crippen LogP contribution in [0.3, 0.4) is 0 Å². The van der Waals surface area contributed by atoms with Crippen molar-refractivity contribution in [3.63, 3.8) is 0 Å². The van der Waals surface area contributed by atoms with Gasteiger partial charge in [-0.3, -0.25) is 0 Å². The second-order valence-corrected chi connectivity index (χ2v) is 3.23. The first-order valence-electron chi connectivity index (χ1n) is 4.54. The molecule has 1 aliphatic rings. The van der Waals surface area contributed by atoms with E-state index in [4.69, 9.17) is 5.11 Å². The highest BCUT2D eigenvalue weighted by atomic mass is 16.4. The highest BCUT2D eigenvalue weighted by Gasteiger charge is 2.12. The summed E-state index contributed by atoms with van der Waals surface area (Å²) >= 11 is 0. The predicted molar refractivity (Wildman–Crippen MR) is 53.8 cm³/mol. The van der Waals surface area contributed by atoms with E-state index in [1.54, 1.807) is 0 Å². The van der Waals surface area contributed by atoms with Crippen molar-refractivity contribution in [3.8, 4) is 0 Å². The Morgan fingerprint density at radius 3 is 3.00 bits per heavy atom. The number of carboxylic acids is 1. The SMILES string of the molecule is O=C(O)/C=C1/NCCc2ccccc21. The molecule has 1 heterocycles. The molecule has 0 amide bonds. The average molecular weight is 189 g/mol. The van der Waals surface area contributed by atoms with Gasteiger partial charge in [0, 0.05) is 23.9 Å². The Bertz CT molecular complexity index is 396. The van der Waals surface area contributed by atoms with Gasteiger partial charge >= 0.3 is 5.97 Å². The highest BCUT2D eigenvalue weighted by Crippen LogP contribution is 2.21. The Morgan fingerprint density at radius 1 is 1.43 bits per heavy atom. The van der Waals surface area contributed by atoms with Crippen LogP contribution in [0.1, 0.15) is 11.1 Å². The van der Waals surface area contributed by atoms with Gasteiger partial charge in [-0.25, -0.2) is 4.79 Å². The van der Waals surface area contributed by atoms with E-state index in [-0.39, 0.29) is 0 Å². The molecular weight excluding hydrogens is 178 g/mol. The average Bonchev–Trinajstić information content (AvgIpc) is 2.18. The zero-order valence-electron chi connectivity index (χ0n) is 7.66. The van der Waals surface area contributed by atoms with E-state index in [1.165, 1.54) is 11.6 Å². The van der Waals surface area contributed by atoms with Crippen LogP contribution in [0.2, 0.25) is 0 Å². The number of hydrogen-bond donors (Lipinski definition) is 2. The minimum atomic E-state index is -0.913. The first-order valence-corrected chi connectivity index (χ1v) is 4.54. The Hall–Kier alpha value is -1.77. The topological polar surface area (TPSA) is 49.3 Å². The number of carboxylic acid groups (broad SMARTS) is 1. The number of fused-ring (bicyclic) bond motifs is 1. The third kappa shape index (κ3) is 1.62. The lowest BCUT2D eigenvalue weighted by molar-refractivity contribution is -0.131. The van der Waals surface area contributed by atoms with Gasteiger partial charge in [-0.1, -0.05) is 24.3 Å². The van der Waals surface area contributed by atoms with Gasteiger partial charge in [-0.2, -0.15) is 0 Å². The molecule has 1 aromatic rings. The largest absolute Gasteiger partial charge is 0.478 e. The Balaban J connectivity index is 2.45. The zero-order valence-corrected chi connectivity index (χ0v) is 7.66. The molecule has 0 saturated heterocycles. The summed E-state index contributed by atoms with van der Waals surface area (Å²) in [5, 5.41) is 11.8. The fourth-order valence-corrected chi connectivity index (χ4v) is 1.68. The summed E-state index contributed by atoms with van der Waals surface area (Å²) in [5.41, 5.74) is 2.92. The summed E-state index contributed by atoms with van der Waals surface area (Å²) in [6, 6.07) is 7.87. The molecule has 0 aliphatic carbocycles. The maximum atomic E-state index is 10.6. The third-order valence-corrected chi connectivity index (χ3v) is 2.29. The van der Waals surface area contributed by atoms with Crippen LogP contribution in [0.25, 0.3) is 5.70 Å². The van der Waals surface area contributed by atoms with Crippen LogP contribution in [-0.2, 0) is 11.2 Å². The van der Waals surface area contributed by atoms with Gasteiger partial charge in [0.2, 0.25) is 0 Å². The lowest BCUT2D eigenvalue weighted by atomic mass is 9.98. The molecule has 0 unspecified atom stereocenters. The number of rotatable bonds is 1. The van der Waals surface area contributed by atoms with Crippen LogP contribution < -0.4 is 5.32 Å². The predicted octanol–water partition coefficient (Wildman–Crippen LogP) is 1.26. The molecule has 14 heavy (non-hydrogen) atoms. The van der Waals surface area contributed by atoms with Crippen molar-refractivity contribution in [1.82, 2.24) is 5.32 Å². The maximum Gasteiger partial charge on any atom is 0.330 e. The van der Waals surface area contributed by atoms with E-state index < -0.39 is 5.97 Å². The molecule has 3 heteroatoms. The Kier molecular flexibility index (Phi) is 2.23. The number of aliphatic carboxylic acids is 1. The minimum Gasteiger partial charge on any atom is -0.478 e. The summed E-state index contributed by atoms with van der Waals surface area (Å²) in [6.45, 7) is 0.802. The molecule has 0 aromatic heterocycles. The molecular formula is C11H11NO2. The van der Waals surface area contributed by atoms with Crippen molar-refractivity contribution in [3.05, 3.63) is 41.5 Å². The van der Waals surface area contributed by atoms with Crippen LogP contribution in [0.4, 0.5) is 0 Å². The van der Waals surface area contributed by atoms with Crippen molar-refractivity contribution < 1.29 is 9.90 Å². The van der Waals surface area contributed by atoms with Crippen LogP contribution in [0, 0.1) is 0 Å². The summed E-state index contributed by atoms with van der Waals surface area (Å²) in [4.78, 5) is 10.6. The minimum absolute atomic E-state index is 0.708. The fraction of sp³-hybridized carbons (Fsp3) is 0.182. The van der Waals surface area contributed by atoms with Gasteiger partial charge in [-0.05, 0) is 12.0 Å². The number of nitrogens with one attached hydrogen (secondary N) is 1. The van der Waals surface area contributed by atoms with Crippen molar-refractivity contribution in [1.29, 1.82) is 0 Å². The molecule has 0 saturated carbocycles. The van der Waals surface area contributed by atoms with E-state index in [2.05, 4.69) is 5.32 Å². The molecule has 0 radical (unpaired) electrons. The lowest BCUT2D eigenvalue weighted by Gasteiger charge is -2.20. The lowest BCUT2D eigenvalue weighted by Crippen LogP contribution is -2.23. The molecule has 1 aliphatic heterocycles.